The van der Waals surface area contributed by atoms with E-state index in [4.69, 9.17) is 4.98 Å². The smallest absolute Gasteiger partial charge is 0.266 e. The van der Waals surface area contributed by atoms with Crippen LogP contribution in [0, 0.1) is 19.8 Å². The molecule has 6 nitrogen and oxygen atoms in total. The van der Waals surface area contributed by atoms with Crippen molar-refractivity contribution >= 4 is 16.8 Å². The van der Waals surface area contributed by atoms with Crippen LogP contribution in [0.4, 0.5) is 0 Å². The molecule has 0 N–H and O–H groups in total. The molecule has 1 amide bonds. The van der Waals surface area contributed by atoms with Crippen molar-refractivity contribution in [1.82, 2.24) is 19.4 Å². The third-order valence-corrected chi connectivity index (χ3v) is 7.74. The highest BCUT2D eigenvalue weighted by Crippen LogP contribution is 2.30. The molecular weight excluding hydrogens is 448 g/mol. The Kier molecular flexibility index (Phi) is 8.24. The number of carbonyl (C=O) groups is 1. The predicted octanol–water partition coefficient (Wildman–Crippen LogP) is 5.42. The zero-order valence-corrected chi connectivity index (χ0v) is 22.5. The number of hydrogen-bond donors (Lipinski definition) is 0. The van der Waals surface area contributed by atoms with Gasteiger partial charge in [-0.15, -0.1) is 0 Å². The summed E-state index contributed by atoms with van der Waals surface area (Å²) in [6.07, 6.45) is 6.52. The van der Waals surface area contributed by atoms with Gasteiger partial charge < -0.3 is 9.80 Å². The number of aryl methyl sites for hydroxylation is 2. The van der Waals surface area contributed by atoms with Crippen molar-refractivity contribution in [3.8, 4) is 5.69 Å². The predicted molar refractivity (Wildman–Crippen MR) is 147 cm³/mol. The molecular formula is C30H40N4O2. The summed E-state index contributed by atoms with van der Waals surface area (Å²) < 4.78 is 1.71. The maximum absolute atomic E-state index is 13.8. The summed E-state index contributed by atoms with van der Waals surface area (Å²) in [5.41, 5.74) is 3.63. The van der Waals surface area contributed by atoms with E-state index < -0.39 is 0 Å². The molecule has 1 unspecified atom stereocenters. The number of likely N-dealkylation sites (N-methyl/N-ethyl adjacent to an activating group) is 1. The topological polar surface area (TPSA) is 58.4 Å². The molecule has 0 radical (unpaired) electrons. The van der Waals surface area contributed by atoms with Gasteiger partial charge in [0.05, 0.1) is 22.6 Å². The van der Waals surface area contributed by atoms with Gasteiger partial charge in [-0.3, -0.25) is 14.2 Å². The summed E-state index contributed by atoms with van der Waals surface area (Å²) in [7, 11) is 4.04. The lowest BCUT2D eigenvalue weighted by atomic mass is 10.0. The molecule has 1 atom stereocenters. The second-order valence-electron chi connectivity index (χ2n) is 10.7. The molecule has 2 aromatic carbocycles. The molecule has 192 valence electrons. The van der Waals surface area contributed by atoms with Gasteiger partial charge in [0.2, 0.25) is 5.91 Å². The Bertz CT molecular complexity index is 1270. The molecule has 1 aromatic heterocycles. The summed E-state index contributed by atoms with van der Waals surface area (Å²) in [5.74, 6) is 1.41. The van der Waals surface area contributed by atoms with E-state index in [0.717, 1.165) is 24.2 Å². The van der Waals surface area contributed by atoms with Gasteiger partial charge in [-0.2, -0.15) is 0 Å². The highest BCUT2D eigenvalue weighted by molar-refractivity contribution is 5.79. The lowest BCUT2D eigenvalue weighted by Gasteiger charge is -2.32. The van der Waals surface area contributed by atoms with Crippen LogP contribution < -0.4 is 5.56 Å². The Morgan fingerprint density at radius 3 is 2.47 bits per heavy atom. The van der Waals surface area contributed by atoms with Gasteiger partial charge >= 0.3 is 0 Å². The monoisotopic (exact) mass is 488 g/mol. The van der Waals surface area contributed by atoms with E-state index in [0.29, 0.717) is 35.6 Å². The quantitative estimate of drug-likeness (QED) is 0.403. The number of carbonyl (C=O) groups excluding carboxylic acids is 1. The number of nitrogens with zero attached hydrogens (tertiary/aromatic N) is 4. The van der Waals surface area contributed by atoms with Crippen LogP contribution in [-0.2, 0) is 4.79 Å². The zero-order chi connectivity index (χ0) is 25.8. The molecule has 0 aliphatic heterocycles. The third kappa shape index (κ3) is 5.70. The van der Waals surface area contributed by atoms with E-state index >= 15 is 0 Å². The Hall–Kier alpha value is -2.99. The van der Waals surface area contributed by atoms with E-state index in [2.05, 4.69) is 18.7 Å². The van der Waals surface area contributed by atoms with Crippen molar-refractivity contribution < 1.29 is 4.79 Å². The minimum absolute atomic E-state index is 0.100. The van der Waals surface area contributed by atoms with Crippen LogP contribution in [0.3, 0.4) is 0 Å². The average molecular weight is 489 g/mol. The van der Waals surface area contributed by atoms with Gasteiger partial charge in [-0.05, 0) is 82.6 Å². The van der Waals surface area contributed by atoms with Crippen molar-refractivity contribution in [1.29, 1.82) is 0 Å². The second kappa shape index (κ2) is 11.4. The number of fused-ring (bicyclic) bond motifs is 1. The first-order valence-electron chi connectivity index (χ1n) is 13.3. The summed E-state index contributed by atoms with van der Waals surface area (Å²) in [6.45, 7) is 7.47. The molecule has 0 bridgehead atoms. The molecule has 0 spiro atoms. The Morgan fingerprint density at radius 1 is 1.06 bits per heavy atom. The Morgan fingerprint density at radius 2 is 1.78 bits per heavy atom. The average Bonchev–Trinajstić information content (AvgIpc) is 3.38. The van der Waals surface area contributed by atoms with E-state index in [9.17, 15) is 9.59 Å². The molecule has 1 heterocycles. The molecule has 0 saturated heterocycles. The summed E-state index contributed by atoms with van der Waals surface area (Å²) in [4.78, 5) is 36.4. The van der Waals surface area contributed by atoms with E-state index in [1.807, 2.05) is 68.4 Å². The molecule has 1 saturated carbocycles. The maximum atomic E-state index is 13.8. The lowest BCUT2D eigenvalue weighted by Crippen LogP contribution is -2.41. The molecule has 36 heavy (non-hydrogen) atoms. The lowest BCUT2D eigenvalue weighted by molar-refractivity contribution is -0.134. The molecule has 1 fully saturated rings. The fraction of sp³-hybridized carbons (Fsp3) is 0.500. The highest BCUT2D eigenvalue weighted by atomic mass is 16.2. The van der Waals surface area contributed by atoms with Crippen molar-refractivity contribution in [2.75, 3.05) is 27.2 Å². The van der Waals surface area contributed by atoms with Crippen molar-refractivity contribution in [3.63, 3.8) is 0 Å². The Labute approximate surface area is 214 Å². The standard InChI is InChI=1S/C30H40N4O2/c1-21-14-16-25(20-22(21)2)34-29(31-27-13-9-8-12-26(27)30(34)36)23(3)33(19-18-32(4)5)28(35)17-15-24-10-6-7-11-24/h8-9,12-14,16,20,23-24H,6-7,10-11,15,17-19H2,1-5H3. The van der Waals surface area contributed by atoms with Crippen LogP contribution in [0.25, 0.3) is 16.6 Å². The fourth-order valence-corrected chi connectivity index (χ4v) is 5.30. The summed E-state index contributed by atoms with van der Waals surface area (Å²) in [6, 6.07) is 13.2. The largest absolute Gasteiger partial charge is 0.331 e. The first kappa shape index (κ1) is 26.1. The van der Waals surface area contributed by atoms with Crippen LogP contribution in [0.2, 0.25) is 0 Å². The fourth-order valence-electron chi connectivity index (χ4n) is 5.30. The van der Waals surface area contributed by atoms with Gasteiger partial charge in [0.15, 0.2) is 0 Å². The number of benzene rings is 2. The first-order chi connectivity index (χ1) is 17.3. The summed E-state index contributed by atoms with van der Waals surface area (Å²) >= 11 is 0. The van der Waals surface area contributed by atoms with E-state index in [-0.39, 0.29) is 17.5 Å². The minimum atomic E-state index is -0.347. The van der Waals surface area contributed by atoms with Gasteiger partial charge in [0, 0.05) is 19.5 Å². The molecule has 4 rings (SSSR count). The zero-order valence-electron chi connectivity index (χ0n) is 22.5. The Balaban J connectivity index is 1.78. The molecule has 3 aromatic rings. The second-order valence-corrected chi connectivity index (χ2v) is 10.7. The number of amides is 1. The normalized spacial score (nSPS) is 15.1. The maximum Gasteiger partial charge on any atom is 0.266 e. The minimum Gasteiger partial charge on any atom is -0.331 e. The van der Waals surface area contributed by atoms with Gasteiger partial charge in [0.1, 0.15) is 5.82 Å². The van der Waals surface area contributed by atoms with Crippen LogP contribution in [0.1, 0.15) is 68.4 Å². The van der Waals surface area contributed by atoms with Gasteiger partial charge in [-0.25, -0.2) is 4.98 Å². The molecule has 1 aliphatic rings. The number of para-hydroxylation sites is 1. The van der Waals surface area contributed by atoms with Crippen molar-refractivity contribution in [2.24, 2.45) is 5.92 Å². The number of hydrogen-bond acceptors (Lipinski definition) is 4. The highest BCUT2D eigenvalue weighted by Gasteiger charge is 2.28. The first-order valence-corrected chi connectivity index (χ1v) is 13.3. The number of aromatic nitrogens is 2. The summed E-state index contributed by atoms with van der Waals surface area (Å²) in [5, 5.41) is 0.582. The number of rotatable bonds is 9. The van der Waals surface area contributed by atoms with Crippen LogP contribution in [0.15, 0.2) is 47.3 Å². The third-order valence-electron chi connectivity index (χ3n) is 7.74. The van der Waals surface area contributed by atoms with Crippen molar-refractivity contribution in [3.05, 3.63) is 69.8 Å². The van der Waals surface area contributed by atoms with Crippen LogP contribution >= 0.6 is 0 Å². The van der Waals surface area contributed by atoms with Gasteiger partial charge in [-0.1, -0.05) is 43.9 Å². The van der Waals surface area contributed by atoms with Crippen molar-refractivity contribution in [2.45, 2.75) is 65.3 Å². The van der Waals surface area contributed by atoms with E-state index in [1.54, 1.807) is 4.57 Å². The van der Waals surface area contributed by atoms with Gasteiger partial charge in [0.25, 0.3) is 5.56 Å². The van der Waals surface area contributed by atoms with Crippen LogP contribution in [0.5, 0.6) is 0 Å². The van der Waals surface area contributed by atoms with Crippen LogP contribution in [-0.4, -0.2) is 52.4 Å². The SMILES string of the molecule is Cc1ccc(-n2c(C(C)N(CCN(C)C)C(=O)CCC3CCCC3)nc3ccccc3c2=O)cc1C. The van der Waals surface area contributed by atoms with E-state index in [1.165, 1.54) is 31.2 Å². The molecule has 1 aliphatic carbocycles. The molecule has 6 heteroatoms.